The summed E-state index contributed by atoms with van der Waals surface area (Å²) in [6.45, 7) is 3.60. The Morgan fingerprint density at radius 3 is 2.68 bits per heavy atom. The van der Waals surface area contributed by atoms with Gasteiger partial charge in [-0.3, -0.25) is 9.59 Å². The molecule has 0 aliphatic heterocycles. The number of aryl methyl sites for hydroxylation is 1. The first kappa shape index (κ1) is 14.3. The van der Waals surface area contributed by atoms with Gasteiger partial charge in [-0.2, -0.15) is 4.79 Å². The van der Waals surface area contributed by atoms with Crippen LogP contribution in [-0.2, 0) is 17.6 Å². The highest BCUT2D eigenvalue weighted by atomic mass is 16.2. The van der Waals surface area contributed by atoms with E-state index in [1.54, 1.807) is 13.8 Å². The Balaban J connectivity index is 2.16. The van der Waals surface area contributed by atoms with Gasteiger partial charge in [-0.15, -0.1) is 5.10 Å². The van der Waals surface area contributed by atoms with Crippen molar-refractivity contribution in [2.45, 2.75) is 26.7 Å². The summed E-state index contributed by atoms with van der Waals surface area (Å²) in [5.41, 5.74) is 12.1. The minimum atomic E-state index is -0.576. The number of hydrogen-bond acceptors (Lipinski definition) is 3. The molecule has 1 aromatic carbocycles. The predicted octanol–water partition coefficient (Wildman–Crippen LogP) is 1.47. The van der Waals surface area contributed by atoms with E-state index in [9.17, 15) is 9.59 Å². The average molecular weight is 298 g/mol. The Kier molecular flexibility index (Phi) is 3.44. The van der Waals surface area contributed by atoms with Gasteiger partial charge in [0.2, 0.25) is 5.91 Å². The number of nitrogens with zero attached hydrogens (tertiary/aromatic N) is 2. The molecule has 0 saturated carbocycles. The molecule has 1 heterocycles. The van der Waals surface area contributed by atoms with E-state index < -0.39 is 5.91 Å². The summed E-state index contributed by atoms with van der Waals surface area (Å²) in [4.78, 5) is 25.1. The molecular formula is C16H18N4O2. The largest absolute Gasteiger partial charge is 0.364 e. The smallest absolute Gasteiger partial charge is 0.269 e. The lowest BCUT2D eigenvalue weighted by Gasteiger charge is -2.19. The number of benzene rings is 1. The normalized spacial score (nSPS) is 12.7. The highest BCUT2D eigenvalue weighted by Crippen LogP contribution is 2.34. The monoisotopic (exact) mass is 298 g/mol. The molecule has 114 valence electrons. The van der Waals surface area contributed by atoms with Crippen LogP contribution >= 0.6 is 0 Å². The zero-order valence-electron chi connectivity index (χ0n) is 12.6. The summed E-state index contributed by atoms with van der Waals surface area (Å²) in [5, 5.41) is 4.22. The second-order valence-corrected chi connectivity index (χ2v) is 5.74. The minimum absolute atomic E-state index is 0.163. The summed E-state index contributed by atoms with van der Waals surface area (Å²) in [6, 6.07) is 7.92. The predicted molar refractivity (Wildman–Crippen MR) is 82.8 cm³/mol. The second-order valence-electron chi connectivity index (χ2n) is 5.74. The SMILES string of the molecule is CC(C)C(=O)Nn1nc(C(N)=O)c2c1-c1ccccc1CC2. The van der Waals surface area contributed by atoms with Crippen molar-refractivity contribution in [1.82, 2.24) is 9.89 Å². The molecule has 2 aromatic rings. The molecule has 0 bridgehead atoms. The second kappa shape index (κ2) is 5.29. The van der Waals surface area contributed by atoms with Crippen molar-refractivity contribution in [3.8, 4) is 11.3 Å². The molecule has 1 aromatic heterocycles. The Bertz CT molecular complexity index is 762. The van der Waals surface area contributed by atoms with Gasteiger partial charge >= 0.3 is 0 Å². The van der Waals surface area contributed by atoms with Crippen molar-refractivity contribution in [3.63, 3.8) is 0 Å². The third kappa shape index (κ3) is 2.26. The third-order valence-electron chi connectivity index (χ3n) is 3.87. The van der Waals surface area contributed by atoms with Crippen molar-refractivity contribution in [2.24, 2.45) is 11.7 Å². The molecule has 0 saturated heterocycles. The number of hydrogen-bond donors (Lipinski definition) is 2. The Hall–Kier alpha value is -2.63. The van der Waals surface area contributed by atoms with E-state index in [1.165, 1.54) is 10.4 Å². The first-order valence-electron chi connectivity index (χ1n) is 7.30. The first-order valence-corrected chi connectivity index (χ1v) is 7.30. The molecule has 2 amide bonds. The molecular weight excluding hydrogens is 280 g/mol. The maximum Gasteiger partial charge on any atom is 0.269 e. The standard InChI is InChI=1S/C16H18N4O2/c1-9(2)16(22)19-20-14-11-6-4-3-5-10(11)7-8-12(14)13(18-20)15(17)21/h3-6,9H,7-8H2,1-2H3,(H2,17,21)(H,19,22). The number of carbonyl (C=O) groups is 2. The minimum Gasteiger partial charge on any atom is -0.364 e. The lowest BCUT2D eigenvalue weighted by molar-refractivity contribution is -0.119. The van der Waals surface area contributed by atoms with Crippen molar-refractivity contribution >= 4 is 11.8 Å². The van der Waals surface area contributed by atoms with E-state index in [4.69, 9.17) is 5.73 Å². The van der Waals surface area contributed by atoms with Crippen LogP contribution in [0.5, 0.6) is 0 Å². The average Bonchev–Trinajstić information content (AvgIpc) is 2.86. The van der Waals surface area contributed by atoms with Gasteiger partial charge in [0.15, 0.2) is 5.69 Å². The summed E-state index contributed by atoms with van der Waals surface area (Å²) < 4.78 is 0. The number of amides is 2. The molecule has 3 N–H and O–H groups in total. The fourth-order valence-electron chi connectivity index (χ4n) is 2.71. The van der Waals surface area contributed by atoms with Gasteiger partial charge in [0.25, 0.3) is 5.91 Å². The van der Waals surface area contributed by atoms with Crippen molar-refractivity contribution in [3.05, 3.63) is 41.1 Å². The van der Waals surface area contributed by atoms with Crippen LogP contribution in [-0.4, -0.2) is 21.7 Å². The maximum absolute atomic E-state index is 12.0. The van der Waals surface area contributed by atoms with Gasteiger partial charge in [0.1, 0.15) is 0 Å². The van der Waals surface area contributed by atoms with E-state index in [0.717, 1.165) is 23.2 Å². The molecule has 6 nitrogen and oxygen atoms in total. The Morgan fingerprint density at radius 1 is 1.27 bits per heavy atom. The van der Waals surface area contributed by atoms with Crippen LogP contribution in [0.2, 0.25) is 0 Å². The van der Waals surface area contributed by atoms with Gasteiger partial charge < -0.3 is 5.73 Å². The van der Waals surface area contributed by atoms with Crippen LogP contribution in [0.3, 0.4) is 0 Å². The molecule has 1 aliphatic rings. The van der Waals surface area contributed by atoms with Crippen LogP contribution in [0, 0.1) is 5.92 Å². The van der Waals surface area contributed by atoms with Crippen molar-refractivity contribution < 1.29 is 9.59 Å². The summed E-state index contributed by atoms with van der Waals surface area (Å²) >= 11 is 0. The highest BCUT2D eigenvalue weighted by Gasteiger charge is 2.28. The lowest BCUT2D eigenvalue weighted by Crippen LogP contribution is -2.29. The number of fused-ring (bicyclic) bond motifs is 3. The van der Waals surface area contributed by atoms with Crippen LogP contribution < -0.4 is 11.2 Å². The molecule has 6 heteroatoms. The zero-order chi connectivity index (χ0) is 15.9. The van der Waals surface area contributed by atoms with Crippen molar-refractivity contribution in [1.29, 1.82) is 0 Å². The molecule has 0 spiro atoms. The third-order valence-corrected chi connectivity index (χ3v) is 3.87. The summed E-state index contributed by atoms with van der Waals surface area (Å²) in [5.74, 6) is -0.923. The number of nitrogens with one attached hydrogen (secondary N) is 1. The van der Waals surface area contributed by atoms with Gasteiger partial charge in [0.05, 0.1) is 5.69 Å². The van der Waals surface area contributed by atoms with E-state index in [2.05, 4.69) is 10.5 Å². The number of carbonyl (C=O) groups excluding carboxylic acids is 2. The fourth-order valence-corrected chi connectivity index (χ4v) is 2.71. The van der Waals surface area contributed by atoms with Crippen LogP contribution in [0.25, 0.3) is 11.3 Å². The number of primary amides is 1. The van der Waals surface area contributed by atoms with E-state index in [-0.39, 0.29) is 17.5 Å². The van der Waals surface area contributed by atoms with Gasteiger partial charge in [-0.1, -0.05) is 38.1 Å². The first-order chi connectivity index (χ1) is 10.5. The van der Waals surface area contributed by atoms with Gasteiger partial charge in [-0.05, 0) is 18.4 Å². The fraction of sp³-hybridized carbons (Fsp3) is 0.312. The Morgan fingerprint density at radius 2 is 2.00 bits per heavy atom. The van der Waals surface area contributed by atoms with E-state index in [0.29, 0.717) is 6.42 Å². The number of rotatable bonds is 3. The molecule has 22 heavy (non-hydrogen) atoms. The molecule has 0 radical (unpaired) electrons. The molecule has 1 aliphatic carbocycles. The van der Waals surface area contributed by atoms with Gasteiger partial charge in [0, 0.05) is 17.0 Å². The van der Waals surface area contributed by atoms with Crippen LogP contribution in [0.15, 0.2) is 24.3 Å². The van der Waals surface area contributed by atoms with Crippen LogP contribution in [0.1, 0.15) is 35.5 Å². The lowest BCUT2D eigenvalue weighted by atomic mass is 9.89. The zero-order valence-corrected chi connectivity index (χ0v) is 12.6. The van der Waals surface area contributed by atoms with E-state index in [1.807, 2.05) is 24.3 Å². The number of nitrogens with two attached hydrogens (primary N) is 1. The maximum atomic E-state index is 12.0. The van der Waals surface area contributed by atoms with Gasteiger partial charge in [-0.25, -0.2) is 5.43 Å². The van der Waals surface area contributed by atoms with Crippen molar-refractivity contribution in [2.75, 3.05) is 5.43 Å². The van der Waals surface area contributed by atoms with E-state index >= 15 is 0 Å². The molecule has 0 atom stereocenters. The van der Waals surface area contributed by atoms with Crippen LogP contribution in [0.4, 0.5) is 0 Å². The Labute approximate surface area is 128 Å². The molecule has 0 unspecified atom stereocenters. The molecule has 0 fully saturated rings. The molecule has 3 rings (SSSR count). The highest BCUT2D eigenvalue weighted by molar-refractivity contribution is 5.95. The summed E-state index contributed by atoms with van der Waals surface area (Å²) in [7, 11) is 0. The number of aromatic nitrogens is 2. The summed E-state index contributed by atoms with van der Waals surface area (Å²) in [6.07, 6.45) is 1.51. The quantitative estimate of drug-likeness (QED) is 0.899. The topological polar surface area (TPSA) is 90.0 Å².